The summed E-state index contributed by atoms with van der Waals surface area (Å²) >= 11 is 0. The summed E-state index contributed by atoms with van der Waals surface area (Å²) in [5, 5.41) is 4.51. The van der Waals surface area contributed by atoms with Crippen LogP contribution >= 0.6 is 0 Å². The minimum atomic E-state index is 0.246. The second-order valence-corrected chi connectivity index (χ2v) is 3.92. The second-order valence-electron chi connectivity index (χ2n) is 3.92. The Bertz CT molecular complexity index is 267. The topological polar surface area (TPSA) is 43.8 Å². The molecule has 0 spiro atoms. The zero-order valence-corrected chi connectivity index (χ0v) is 9.40. The van der Waals surface area contributed by atoms with E-state index in [0.717, 1.165) is 25.0 Å². The lowest BCUT2D eigenvalue weighted by molar-refractivity contribution is 0.471. The lowest BCUT2D eigenvalue weighted by atomic mass is 10.1. The molecule has 1 aromatic rings. The maximum atomic E-state index is 5.87. The summed E-state index contributed by atoms with van der Waals surface area (Å²) < 4.78 is 2.03. The van der Waals surface area contributed by atoms with Gasteiger partial charge in [0.1, 0.15) is 0 Å². The molecular formula is C11H21N3. The average Bonchev–Trinajstić information content (AvgIpc) is 2.65. The van der Waals surface area contributed by atoms with Gasteiger partial charge in [-0.25, -0.2) is 0 Å². The molecule has 0 saturated heterocycles. The van der Waals surface area contributed by atoms with E-state index >= 15 is 0 Å². The zero-order chi connectivity index (χ0) is 10.6. The molecule has 80 valence electrons. The molecule has 0 aliphatic heterocycles. The lowest BCUT2D eigenvalue weighted by Crippen LogP contribution is -2.21. The molecule has 14 heavy (non-hydrogen) atoms. The second kappa shape index (κ2) is 5.15. The molecule has 1 aromatic heterocycles. The van der Waals surface area contributed by atoms with Gasteiger partial charge in [0.25, 0.3) is 0 Å². The van der Waals surface area contributed by atoms with Gasteiger partial charge in [0, 0.05) is 24.7 Å². The van der Waals surface area contributed by atoms with Gasteiger partial charge in [-0.05, 0) is 25.8 Å². The van der Waals surface area contributed by atoms with E-state index in [1.54, 1.807) is 0 Å². The van der Waals surface area contributed by atoms with Crippen molar-refractivity contribution in [2.45, 2.75) is 52.1 Å². The van der Waals surface area contributed by atoms with E-state index in [2.05, 4.69) is 31.9 Å². The zero-order valence-electron chi connectivity index (χ0n) is 9.40. The Kier molecular flexibility index (Phi) is 4.14. The monoisotopic (exact) mass is 195 g/mol. The van der Waals surface area contributed by atoms with Crippen molar-refractivity contribution < 1.29 is 0 Å². The summed E-state index contributed by atoms with van der Waals surface area (Å²) in [4.78, 5) is 0. The lowest BCUT2D eigenvalue weighted by Gasteiger charge is -2.09. The largest absolute Gasteiger partial charge is 0.327 e. The highest BCUT2D eigenvalue weighted by molar-refractivity contribution is 5.01. The van der Waals surface area contributed by atoms with E-state index < -0.39 is 0 Å². The smallest absolute Gasteiger partial charge is 0.0640 e. The van der Waals surface area contributed by atoms with Crippen molar-refractivity contribution in [1.29, 1.82) is 0 Å². The van der Waals surface area contributed by atoms with E-state index in [1.807, 2.05) is 10.9 Å². The van der Waals surface area contributed by atoms with Crippen LogP contribution in [0.5, 0.6) is 0 Å². The van der Waals surface area contributed by atoms with Crippen LogP contribution in [0.4, 0.5) is 0 Å². The van der Waals surface area contributed by atoms with Crippen molar-refractivity contribution in [1.82, 2.24) is 9.78 Å². The Morgan fingerprint density at radius 2 is 2.14 bits per heavy atom. The fraction of sp³-hybridized carbons (Fsp3) is 0.727. The molecule has 0 fully saturated rings. The maximum absolute atomic E-state index is 5.87. The average molecular weight is 195 g/mol. The van der Waals surface area contributed by atoms with Crippen molar-refractivity contribution in [3.05, 3.63) is 18.0 Å². The van der Waals surface area contributed by atoms with Gasteiger partial charge in [-0.3, -0.25) is 4.68 Å². The summed E-state index contributed by atoms with van der Waals surface area (Å²) in [5.74, 6) is 0. The number of nitrogens with two attached hydrogens (primary N) is 1. The number of aromatic nitrogens is 2. The van der Waals surface area contributed by atoms with E-state index in [1.165, 1.54) is 0 Å². The van der Waals surface area contributed by atoms with Crippen molar-refractivity contribution >= 4 is 0 Å². The van der Waals surface area contributed by atoms with Crippen LogP contribution in [0.25, 0.3) is 0 Å². The Morgan fingerprint density at radius 1 is 1.43 bits per heavy atom. The standard InChI is InChI=1S/C11H21N3/c1-4-9(3)14-7-6-11(13-14)8-10(12)5-2/h6-7,9-10H,4-5,8,12H2,1-3H3. The van der Waals surface area contributed by atoms with Gasteiger partial charge in [0.05, 0.1) is 5.69 Å². The first kappa shape index (κ1) is 11.2. The SMILES string of the molecule is CCC(N)Cc1ccn(C(C)CC)n1. The minimum absolute atomic E-state index is 0.246. The highest BCUT2D eigenvalue weighted by Crippen LogP contribution is 2.10. The molecule has 1 heterocycles. The molecule has 0 saturated carbocycles. The van der Waals surface area contributed by atoms with Gasteiger partial charge < -0.3 is 5.73 Å². The third kappa shape index (κ3) is 2.84. The highest BCUT2D eigenvalue weighted by atomic mass is 15.3. The maximum Gasteiger partial charge on any atom is 0.0640 e. The Balaban J connectivity index is 2.59. The molecule has 0 aliphatic carbocycles. The fourth-order valence-electron chi connectivity index (χ4n) is 1.33. The molecule has 2 N–H and O–H groups in total. The number of hydrogen-bond acceptors (Lipinski definition) is 2. The van der Waals surface area contributed by atoms with E-state index in [9.17, 15) is 0 Å². The first-order chi connectivity index (χ1) is 6.67. The third-order valence-corrected chi connectivity index (χ3v) is 2.70. The third-order valence-electron chi connectivity index (χ3n) is 2.70. The molecule has 2 atom stereocenters. The van der Waals surface area contributed by atoms with Crippen LogP contribution in [0.2, 0.25) is 0 Å². The Hall–Kier alpha value is -0.830. The number of nitrogens with zero attached hydrogens (tertiary/aromatic N) is 2. The van der Waals surface area contributed by atoms with Crippen molar-refractivity contribution in [2.75, 3.05) is 0 Å². The van der Waals surface area contributed by atoms with Crippen LogP contribution in [0.3, 0.4) is 0 Å². The molecule has 1 rings (SSSR count). The summed E-state index contributed by atoms with van der Waals surface area (Å²) in [6, 6.07) is 2.80. The van der Waals surface area contributed by atoms with Gasteiger partial charge in [0.15, 0.2) is 0 Å². The summed E-state index contributed by atoms with van der Waals surface area (Å²) in [6.45, 7) is 6.46. The predicted molar refractivity (Wildman–Crippen MR) is 59.2 cm³/mol. The Morgan fingerprint density at radius 3 is 2.71 bits per heavy atom. The first-order valence-corrected chi connectivity index (χ1v) is 5.47. The fourth-order valence-corrected chi connectivity index (χ4v) is 1.33. The van der Waals surface area contributed by atoms with Gasteiger partial charge in [-0.15, -0.1) is 0 Å². The molecule has 0 radical (unpaired) electrons. The van der Waals surface area contributed by atoms with E-state index in [4.69, 9.17) is 5.73 Å². The van der Waals surface area contributed by atoms with E-state index in [-0.39, 0.29) is 6.04 Å². The van der Waals surface area contributed by atoms with Gasteiger partial charge >= 0.3 is 0 Å². The molecular weight excluding hydrogens is 174 g/mol. The molecule has 0 bridgehead atoms. The van der Waals surface area contributed by atoms with E-state index in [0.29, 0.717) is 6.04 Å². The van der Waals surface area contributed by atoms with Crippen molar-refractivity contribution in [2.24, 2.45) is 5.73 Å². The van der Waals surface area contributed by atoms with Gasteiger partial charge in [0.2, 0.25) is 0 Å². The Labute approximate surface area is 86.3 Å². The summed E-state index contributed by atoms with van der Waals surface area (Å²) in [6.07, 6.45) is 5.06. The minimum Gasteiger partial charge on any atom is -0.327 e. The van der Waals surface area contributed by atoms with Crippen molar-refractivity contribution in [3.63, 3.8) is 0 Å². The van der Waals surface area contributed by atoms with Gasteiger partial charge in [-0.1, -0.05) is 13.8 Å². The molecule has 0 aliphatic rings. The van der Waals surface area contributed by atoms with Crippen LogP contribution in [-0.4, -0.2) is 15.8 Å². The quantitative estimate of drug-likeness (QED) is 0.782. The van der Waals surface area contributed by atoms with Crippen molar-refractivity contribution in [3.8, 4) is 0 Å². The summed E-state index contributed by atoms with van der Waals surface area (Å²) in [5.41, 5.74) is 6.98. The number of hydrogen-bond donors (Lipinski definition) is 1. The van der Waals surface area contributed by atoms with Crippen LogP contribution in [0, 0.1) is 0 Å². The summed E-state index contributed by atoms with van der Waals surface area (Å²) in [7, 11) is 0. The molecule has 3 heteroatoms. The van der Waals surface area contributed by atoms with Crippen LogP contribution in [0.15, 0.2) is 12.3 Å². The molecule has 0 amide bonds. The molecule has 2 unspecified atom stereocenters. The van der Waals surface area contributed by atoms with Crippen LogP contribution in [-0.2, 0) is 6.42 Å². The normalized spacial score (nSPS) is 15.4. The first-order valence-electron chi connectivity index (χ1n) is 5.47. The number of rotatable bonds is 5. The molecule has 0 aromatic carbocycles. The van der Waals surface area contributed by atoms with Crippen LogP contribution < -0.4 is 5.73 Å². The predicted octanol–water partition coefficient (Wildman–Crippen LogP) is 2.13. The highest BCUT2D eigenvalue weighted by Gasteiger charge is 2.07. The molecule has 3 nitrogen and oxygen atoms in total. The van der Waals surface area contributed by atoms with Crippen LogP contribution in [0.1, 0.15) is 45.3 Å². The van der Waals surface area contributed by atoms with Gasteiger partial charge in [-0.2, -0.15) is 5.10 Å².